The molecule has 2 aromatic rings. The Morgan fingerprint density at radius 2 is 2.00 bits per heavy atom. The van der Waals surface area contributed by atoms with E-state index in [1.807, 2.05) is 5.38 Å². The first-order valence-electron chi connectivity index (χ1n) is 5.18. The van der Waals surface area contributed by atoms with Crippen molar-refractivity contribution in [2.45, 2.75) is 6.18 Å². The maximum atomic E-state index is 13.0. The van der Waals surface area contributed by atoms with Crippen LogP contribution in [0.5, 0.6) is 0 Å². The lowest BCUT2D eigenvalue weighted by atomic mass is 10.1. The number of thiophene rings is 1. The summed E-state index contributed by atoms with van der Waals surface area (Å²) in [7, 11) is 3.09. The number of hydrogen-bond donors (Lipinski definition) is 0. The van der Waals surface area contributed by atoms with Gasteiger partial charge >= 0.3 is 6.18 Å². The summed E-state index contributed by atoms with van der Waals surface area (Å²) in [5.74, 6) is -0.0668. The Bertz CT molecular complexity index is 533. The van der Waals surface area contributed by atoms with Crippen LogP contribution in [0, 0.1) is 0 Å². The van der Waals surface area contributed by atoms with E-state index in [1.54, 1.807) is 26.2 Å². The third kappa shape index (κ3) is 2.48. The molecule has 0 aliphatic rings. The fourth-order valence-electron chi connectivity index (χ4n) is 1.60. The molecule has 0 unspecified atom stereocenters. The first-order valence-corrected chi connectivity index (χ1v) is 6.06. The molecule has 96 valence electrons. The van der Waals surface area contributed by atoms with Crippen LogP contribution in [0.1, 0.15) is 5.56 Å². The number of pyridine rings is 1. The number of alkyl halides is 3. The standard InChI is InChI=1S/C12H11F3N2S/c1-17(2)11-9(12(13,14)15)6-8(7-16-11)10-4-3-5-18-10/h3-7H,1-2H3. The monoisotopic (exact) mass is 272 g/mol. The summed E-state index contributed by atoms with van der Waals surface area (Å²) in [5, 5.41) is 1.82. The number of anilines is 1. The van der Waals surface area contributed by atoms with Crippen molar-refractivity contribution in [3.05, 3.63) is 35.3 Å². The summed E-state index contributed by atoms with van der Waals surface area (Å²) in [5.41, 5.74) is -0.221. The predicted octanol–water partition coefficient (Wildman–Crippen LogP) is 3.89. The van der Waals surface area contributed by atoms with Crippen molar-refractivity contribution >= 4 is 17.2 Å². The molecule has 0 aromatic carbocycles. The van der Waals surface area contributed by atoms with Gasteiger partial charge in [0.1, 0.15) is 5.82 Å². The largest absolute Gasteiger partial charge is 0.419 e. The fraction of sp³-hybridized carbons (Fsp3) is 0.250. The van der Waals surface area contributed by atoms with Crippen LogP contribution in [-0.2, 0) is 6.18 Å². The highest BCUT2D eigenvalue weighted by Gasteiger charge is 2.35. The zero-order chi connectivity index (χ0) is 13.3. The molecular weight excluding hydrogens is 261 g/mol. The molecule has 0 aliphatic carbocycles. The van der Waals surface area contributed by atoms with E-state index >= 15 is 0 Å². The van der Waals surface area contributed by atoms with Crippen LogP contribution in [0.2, 0.25) is 0 Å². The molecule has 6 heteroatoms. The van der Waals surface area contributed by atoms with Gasteiger partial charge in [-0.15, -0.1) is 11.3 Å². The lowest BCUT2D eigenvalue weighted by Crippen LogP contribution is -2.18. The Balaban J connectivity index is 2.56. The summed E-state index contributed by atoms with van der Waals surface area (Å²) in [6.45, 7) is 0. The quantitative estimate of drug-likeness (QED) is 0.824. The van der Waals surface area contributed by atoms with Gasteiger partial charge in [0, 0.05) is 30.7 Å². The highest BCUT2D eigenvalue weighted by atomic mass is 32.1. The van der Waals surface area contributed by atoms with E-state index in [-0.39, 0.29) is 5.82 Å². The topological polar surface area (TPSA) is 16.1 Å². The molecule has 0 fully saturated rings. The molecule has 0 amide bonds. The van der Waals surface area contributed by atoms with Crippen molar-refractivity contribution in [1.29, 1.82) is 0 Å². The third-order valence-electron chi connectivity index (χ3n) is 2.40. The number of nitrogens with zero attached hydrogens (tertiary/aromatic N) is 2. The highest BCUT2D eigenvalue weighted by Crippen LogP contribution is 2.37. The summed E-state index contributed by atoms with van der Waals surface area (Å²) >= 11 is 1.39. The van der Waals surface area contributed by atoms with Gasteiger partial charge < -0.3 is 4.90 Å². The molecule has 18 heavy (non-hydrogen) atoms. The molecule has 0 atom stereocenters. The Kier molecular flexibility index (Phi) is 3.30. The van der Waals surface area contributed by atoms with Gasteiger partial charge in [0.15, 0.2) is 0 Å². The van der Waals surface area contributed by atoms with E-state index in [0.717, 1.165) is 10.9 Å². The van der Waals surface area contributed by atoms with Crippen LogP contribution in [-0.4, -0.2) is 19.1 Å². The molecule has 2 rings (SSSR count). The van der Waals surface area contributed by atoms with Crippen molar-refractivity contribution in [3.8, 4) is 10.4 Å². The lowest BCUT2D eigenvalue weighted by Gasteiger charge is -2.18. The predicted molar refractivity (Wildman–Crippen MR) is 66.9 cm³/mol. The van der Waals surface area contributed by atoms with Crippen LogP contribution < -0.4 is 4.90 Å². The number of halogens is 3. The zero-order valence-electron chi connectivity index (χ0n) is 9.82. The molecule has 0 spiro atoms. The smallest absolute Gasteiger partial charge is 0.362 e. The average molecular weight is 272 g/mol. The van der Waals surface area contributed by atoms with E-state index < -0.39 is 11.7 Å². The minimum absolute atomic E-state index is 0.0668. The van der Waals surface area contributed by atoms with Gasteiger partial charge in [-0.25, -0.2) is 4.98 Å². The first-order chi connectivity index (χ1) is 8.39. The molecule has 0 saturated carbocycles. The Morgan fingerprint density at radius 1 is 1.28 bits per heavy atom. The summed E-state index contributed by atoms with van der Waals surface area (Å²) in [6, 6.07) is 4.72. The van der Waals surface area contributed by atoms with Crippen LogP contribution in [0.15, 0.2) is 29.8 Å². The second-order valence-corrected chi connectivity index (χ2v) is 4.91. The molecule has 0 saturated heterocycles. The van der Waals surface area contributed by atoms with E-state index in [4.69, 9.17) is 0 Å². The van der Waals surface area contributed by atoms with Gasteiger partial charge in [-0.2, -0.15) is 13.2 Å². The van der Waals surface area contributed by atoms with Gasteiger partial charge in [-0.1, -0.05) is 6.07 Å². The molecular formula is C12H11F3N2S. The van der Waals surface area contributed by atoms with Crippen LogP contribution >= 0.6 is 11.3 Å². The number of aromatic nitrogens is 1. The summed E-state index contributed by atoms with van der Waals surface area (Å²) in [6.07, 6.45) is -2.93. The first kappa shape index (κ1) is 12.9. The van der Waals surface area contributed by atoms with Crippen molar-refractivity contribution in [2.24, 2.45) is 0 Å². The van der Waals surface area contributed by atoms with Crippen LogP contribution in [0.3, 0.4) is 0 Å². The minimum Gasteiger partial charge on any atom is -0.362 e. The third-order valence-corrected chi connectivity index (χ3v) is 3.32. The van der Waals surface area contributed by atoms with E-state index in [2.05, 4.69) is 4.98 Å². The summed E-state index contributed by atoms with van der Waals surface area (Å²) in [4.78, 5) is 6.05. The second-order valence-electron chi connectivity index (χ2n) is 3.96. The Morgan fingerprint density at radius 3 is 2.50 bits per heavy atom. The summed E-state index contributed by atoms with van der Waals surface area (Å²) < 4.78 is 38.9. The number of rotatable bonds is 2. The van der Waals surface area contributed by atoms with E-state index in [0.29, 0.717) is 5.56 Å². The SMILES string of the molecule is CN(C)c1ncc(-c2cccs2)cc1C(F)(F)F. The van der Waals surface area contributed by atoms with Crippen LogP contribution in [0.25, 0.3) is 10.4 Å². The molecule has 2 aromatic heterocycles. The van der Waals surface area contributed by atoms with Gasteiger partial charge in [0.2, 0.25) is 0 Å². The highest BCUT2D eigenvalue weighted by molar-refractivity contribution is 7.13. The van der Waals surface area contributed by atoms with Crippen LogP contribution in [0.4, 0.5) is 19.0 Å². The van der Waals surface area contributed by atoms with Gasteiger partial charge in [-0.05, 0) is 17.5 Å². The minimum atomic E-state index is -4.40. The molecule has 0 bridgehead atoms. The fourth-order valence-corrected chi connectivity index (χ4v) is 2.31. The van der Waals surface area contributed by atoms with Crippen molar-refractivity contribution in [2.75, 3.05) is 19.0 Å². The molecule has 2 heterocycles. The van der Waals surface area contributed by atoms with Crippen molar-refractivity contribution in [1.82, 2.24) is 4.98 Å². The molecule has 2 nitrogen and oxygen atoms in total. The molecule has 0 N–H and O–H groups in total. The normalized spacial score (nSPS) is 11.6. The van der Waals surface area contributed by atoms with Crippen molar-refractivity contribution < 1.29 is 13.2 Å². The van der Waals surface area contributed by atoms with E-state index in [9.17, 15) is 13.2 Å². The maximum Gasteiger partial charge on any atom is 0.419 e. The van der Waals surface area contributed by atoms with E-state index in [1.165, 1.54) is 22.4 Å². The Hall–Kier alpha value is -1.56. The number of hydrogen-bond acceptors (Lipinski definition) is 3. The molecule has 0 radical (unpaired) electrons. The lowest BCUT2D eigenvalue weighted by molar-refractivity contribution is -0.137. The van der Waals surface area contributed by atoms with Crippen molar-refractivity contribution in [3.63, 3.8) is 0 Å². The second kappa shape index (κ2) is 4.61. The van der Waals surface area contributed by atoms with Gasteiger partial charge in [-0.3, -0.25) is 0 Å². The molecule has 0 aliphatic heterocycles. The average Bonchev–Trinajstić information content (AvgIpc) is 2.80. The maximum absolute atomic E-state index is 13.0. The van der Waals surface area contributed by atoms with Gasteiger partial charge in [0.05, 0.1) is 5.56 Å². The van der Waals surface area contributed by atoms with Gasteiger partial charge in [0.25, 0.3) is 0 Å². The Labute approximate surface area is 107 Å². The zero-order valence-corrected chi connectivity index (χ0v) is 10.6.